The van der Waals surface area contributed by atoms with E-state index in [0.717, 1.165) is 5.56 Å². The summed E-state index contributed by atoms with van der Waals surface area (Å²) >= 11 is 0. The number of nitrogens with zero attached hydrogens (tertiary/aromatic N) is 3. The van der Waals surface area contributed by atoms with Gasteiger partial charge in [0.2, 0.25) is 0 Å². The van der Waals surface area contributed by atoms with Crippen molar-refractivity contribution in [3.63, 3.8) is 0 Å². The minimum absolute atomic E-state index is 0.137. The smallest absolute Gasteiger partial charge is 0.342 e. The third-order valence-electron chi connectivity index (χ3n) is 4.68. The number of carbonyl (C=O) groups excluding carboxylic acids is 1. The first-order valence-corrected chi connectivity index (χ1v) is 9.57. The van der Waals surface area contributed by atoms with Crippen molar-refractivity contribution in [3.05, 3.63) is 94.2 Å². The number of fused-ring (bicyclic) bond motifs is 1. The van der Waals surface area contributed by atoms with Crippen LogP contribution in [0.1, 0.15) is 21.6 Å². The van der Waals surface area contributed by atoms with Gasteiger partial charge in [-0.05, 0) is 42.8 Å². The molecule has 0 aliphatic carbocycles. The maximum absolute atomic E-state index is 12.8. The lowest BCUT2D eigenvalue weighted by atomic mass is 10.2. The molecule has 1 N–H and O–H groups in total. The monoisotopic (exact) mass is 416 g/mol. The highest BCUT2D eigenvalue weighted by atomic mass is 16.5. The van der Waals surface area contributed by atoms with E-state index >= 15 is 0 Å². The highest BCUT2D eigenvalue weighted by molar-refractivity contribution is 5.95. The number of ether oxygens (including phenoxy) is 2. The molecule has 3 heterocycles. The van der Waals surface area contributed by atoms with E-state index in [2.05, 4.69) is 15.3 Å². The topological polar surface area (TPSA) is 94.8 Å². The first kappa shape index (κ1) is 20.1. The summed E-state index contributed by atoms with van der Waals surface area (Å²) in [7, 11) is 1.56. The molecule has 4 aromatic rings. The molecule has 0 unspecified atom stereocenters. The minimum atomic E-state index is -0.586. The van der Waals surface area contributed by atoms with E-state index in [1.54, 1.807) is 43.8 Å². The molecule has 0 saturated heterocycles. The zero-order valence-electron chi connectivity index (χ0n) is 17.0. The summed E-state index contributed by atoms with van der Waals surface area (Å²) in [6, 6.07) is 15.6. The second kappa shape index (κ2) is 8.66. The SMILES string of the molecule is COc1ccccc1Nc1ncccc1C(=O)OCc1cc(=O)n2cccc(C)c2n1. The lowest BCUT2D eigenvalue weighted by Crippen LogP contribution is -2.17. The van der Waals surface area contributed by atoms with Crippen molar-refractivity contribution >= 4 is 23.1 Å². The first-order valence-electron chi connectivity index (χ1n) is 9.57. The number of hydrogen-bond donors (Lipinski definition) is 1. The molecular weight excluding hydrogens is 396 g/mol. The van der Waals surface area contributed by atoms with Crippen LogP contribution >= 0.6 is 0 Å². The van der Waals surface area contributed by atoms with Crippen LogP contribution in [0.4, 0.5) is 11.5 Å². The molecule has 0 spiro atoms. The van der Waals surface area contributed by atoms with Crippen LogP contribution in [0.2, 0.25) is 0 Å². The number of rotatable bonds is 6. The number of aromatic nitrogens is 3. The van der Waals surface area contributed by atoms with Crippen LogP contribution in [0.5, 0.6) is 5.75 Å². The number of pyridine rings is 2. The Morgan fingerprint density at radius 3 is 2.81 bits per heavy atom. The van der Waals surface area contributed by atoms with Crippen molar-refractivity contribution in [1.82, 2.24) is 14.4 Å². The Bertz CT molecular complexity index is 1320. The van der Waals surface area contributed by atoms with Gasteiger partial charge >= 0.3 is 5.97 Å². The fraction of sp³-hybridized carbons (Fsp3) is 0.130. The van der Waals surface area contributed by atoms with Gasteiger partial charge in [0.15, 0.2) is 0 Å². The van der Waals surface area contributed by atoms with Gasteiger partial charge in [0, 0.05) is 18.5 Å². The van der Waals surface area contributed by atoms with Crippen molar-refractivity contribution in [2.75, 3.05) is 12.4 Å². The summed E-state index contributed by atoms with van der Waals surface area (Å²) < 4.78 is 12.2. The zero-order valence-corrected chi connectivity index (χ0v) is 17.0. The Morgan fingerprint density at radius 1 is 1.13 bits per heavy atom. The predicted octanol–water partition coefficient (Wildman–Crippen LogP) is 3.51. The van der Waals surface area contributed by atoms with Crippen LogP contribution in [0.25, 0.3) is 5.65 Å². The molecule has 4 rings (SSSR count). The summed E-state index contributed by atoms with van der Waals surface area (Å²) in [6.07, 6.45) is 3.22. The van der Waals surface area contributed by atoms with Crippen molar-refractivity contribution in [2.24, 2.45) is 0 Å². The van der Waals surface area contributed by atoms with Gasteiger partial charge in [-0.3, -0.25) is 9.20 Å². The van der Waals surface area contributed by atoms with E-state index in [9.17, 15) is 9.59 Å². The Balaban J connectivity index is 1.56. The first-order chi connectivity index (χ1) is 15.1. The molecule has 0 bridgehead atoms. The van der Waals surface area contributed by atoms with Crippen molar-refractivity contribution in [1.29, 1.82) is 0 Å². The predicted molar refractivity (Wildman–Crippen MR) is 116 cm³/mol. The van der Waals surface area contributed by atoms with Crippen LogP contribution < -0.4 is 15.6 Å². The molecule has 0 radical (unpaired) electrons. The average Bonchev–Trinajstić information content (AvgIpc) is 2.79. The zero-order chi connectivity index (χ0) is 21.8. The fourth-order valence-electron chi connectivity index (χ4n) is 3.15. The van der Waals surface area contributed by atoms with Crippen LogP contribution in [-0.2, 0) is 11.3 Å². The fourth-order valence-corrected chi connectivity index (χ4v) is 3.15. The number of hydrogen-bond acceptors (Lipinski definition) is 7. The third-order valence-corrected chi connectivity index (χ3v) is 4.68. The Labute approximate surface area is 178 Å². The minimum Gasteiger partial charge on any atom is -0.495 e. The summed E-state index contributed by atoms with van der Waals surface area (Å²) in [6.45, 7) is 1.73. The highest BCUT2D eigenvalue weighted by Crippen LogP contribution is 2.27. The highest BCUT2D eigenvalue weighted by Gasteiger charge is 2.16. The molecule has 156 valence electrons. The van der Waals surface area contributed by atoms with Crippen LogP contribution in [0.3, 0.4) is 0 Å². The summed E-state index contributed by atoms with van der Waals surface area (Å²) in [5.41, 5.74) is 2.43. The second-order valence-corrected chi connectivity index (χ2v) is 6.77. The standard InChI is InChI=1S/C23H20N4O4/c1-15-7-6-12-27-20(28)13-16(25-22(15)27)14-31-23(29)17-8-5-11-24-21(17)26-18-9-3-4-10-19(18)30-2/h3-13H,14H2,1-2H3,(H,24,26). The number of aryl methyl sites for hydroxylation is 1. The summed E-state index contributed by atoms with van der Waals surface area (Å²) in [5, 5.41) is 3.11. The quantitative estimate of drug-likeness (QED) is 0.481. The average molecular weight is 416 g/mol. The van der Waals surface area contributed by atoms with Crippen molar-refractivity contribution < 1.29 is 14.3 Å². The number of anilines is 2. The molecule has 0 atom stereocenters. The van der Waals surface area contributed by atoms with Gasteiger partial charge in [0.25, 0.3) is 5.56 Å². The second-order valence-electron chi connectivity index (χ2n) is 6.77. The van der Waals surface area contributed by atoms with Crippen LogP contribution in [0.15, 0.2) is 71.8 Å². The number of benzene rings is 1. The lowest BCUT2D eigenvalue weighted by molar-refractivity contribution is 0.0468. The third kappa shape index (κ3) is 4.23. The van der Waals surface area contributed by atoms with Crippen LogP contribution in [0, 0.1) is 6.92 Å². The van der Waals surface area contributed by atoms with E-state index in [1.165, 1.54) is 10.5 Å². The molecular formula is C23H20N4O4. The molecule has 0 aliphatic rings. The van der Waals surface area contributed by atoms with Gasteiger partial charge in [-0.15, -0.1) is 0 Å². The Kier molecular flexibility index (Phi) is 5.61. The number of carbonyl (C=O) groups is 1. The molecule has 0 amide bonds. The maximum atomic E-state index is 12.8. The van der Waals surface area contributed by atoms with Crippen molar-refractivity contribution in [2.45, 2.75) is 13.5 Å². The van der Waals surface area contributed by atoms with Crippen molar-refractivity contribution in [3.8, 4) is 5.75 Å². The molecule has 3 aromatic heterocycles. The van der Waals surface area contributed by atoms with E-state index in [-0.39, 0.29) is 17.7 Å². The van der Waals surface area contributed by atoms with Gasteiger partial charge < -0.3 is 14.8 Å². The summed E-state index contributed by atoms with van der Waals surface area (Å²) in [4.78, 5) is 33.8. The Hall–Kier alpha value is -4.20. The number of esters is 1. The van der Waals surface area contributed by atoms with Gasteiger partial charge in [-0.1, -0.05) is 18.2 Å². The molecule has 0 saturated carbocycles. The Morgan fingerprint density at radius 2 is 1.97 bits per heavy atom. The molecule has 31 heavy (non-hydrogen) atoms. The molecule has 0 aliphatic heterocycles. The largest absolute Gasteiger partial charge is 0.495 e. The van der Waals surface area contributed by atoms with E-state index in [0.29, 0.717) is 28.6 Å². The van der Waals surface area contributed by atoms with E-state index < -0.39 is 5.97 Å². The molecule has 8 heteroatoms. The van der Waals surface area contributed by atoms with Gasteiger partial charge in [-0.25, -0.2) is 14.8 Å². The van der Waals surface area contributed by atoms with Gasteiger partial charge in [0.05, 0.1) is 18.5 Å². The van der Waals surface area contributed by atoms with Gasteiger partial charge in [-0.2, -0.15) is 0 Å². The van der Waals surface area contributed by atoms with E-state index in [1.807, 2.05) is 31.2 Å². The number of methoxy groups -OCH3 is 1. The van der Waals surface area contributed by atoms with E-state index in [4.69, 9.17) is 9.47 Å². The molecule has 0 fully saturated rings. The molecule has 1 aromatic carbocycles. The lowest BCUT2D eigenvalue weighted by Gasteiger charge is -2.13. The summed E-state index contributed by atoms with van der Waals surface area (Å²) in [5.74, 6) is 0.361. The number of para-hydroxylation sites is 2. The maximum Gasteiger partial charge on any atom is 0.342 e. The van der Waals surface area contributed by atoms with Crippen LogP contribution in [-0.4, -0.2) is 27.4 Å². The normalized spacial score (nSPS) is 10.6. The number of nitrogens with one attached hydrogen (secondary N) is 1. The molecule has 8 nitrogen and oxygen atoms in total. The van der Waals surface area contributed by atoms with Gasteiger partial charge in [0.1, 0.15) is 29.4 Å².